The molecule has 0 spiro atoms. The van der Waals surface area contributed by atoms with Gasteiger partial charge in [0.1, 0.15) is 0 Å². The largest absolute Gasteiger partial charge is 3.00 e. The van der Waals surface area contributed by atoms with Crippen LogP contribution in [0.3, 0.4) is 0 Å². The Morgan fingerprint density at radius 2 is 0.500 bits per heavy atom. The zero-order chi connectivity index (χ0) is 0. The molecule has 0 atom stereocenters. The van der Waals surface area contributed by atoms with Gasteiger partial charge in [-0.3, -0.25) is 9.41 Å². The van der Waals surface area contributed by atoms with E-state index in [0.717, 1.165) is 0 Å². The first-order chi connectivity index (χ1) is 0. The topological polar surface area (TPSA) is 0 Å². The Morgan fingerprint density at radius 1 is 0.500 bits per heavy atom. The normalized spacial score (nSPS) is 0. The molecule has 0 unspecified atom stereocenters. The molecule has 0 aromatic carbocycles. The van der Waals surface area contributed by atoms with Gasteiger partial charge in [-0.05, 0) is 0 Å². The summed E-state index contributed by atoms with van der Waals surface area (Å²) in [5, 5.41) is 0. The summed E-state index contributed by atoms with van der Waals surface area (Å²) in [7, 11) is 0. The zero-order valence-electron chi connectivity index (χ0n) is 3.91. The maximum atomic E-state index is 0. The minimum atomic E-state index is 0. The maximum absolute atomic E-state index is 0. The van der Waals surface area contributed by atoms with E-state index in [1.165, 1.54) is 0 Å². The monoisotopic (exact) mass is 166 g/mol. The van der Waals surface area contributed by atoms with Gasteiger partial charge in [-0.1, -0.05) is 0 Å². The summed E-state index contributed by atoms with van der Waals surface area (Å²) in [6.07, 6.45) is 0. The van der Waals surface area contributed by atoms with E-state index < -0.39 is 0 Å². The van der Waals surface area contributed by atoms with E-state index in [9.17, 15) is 0 Å². The van der Waals surface area contributed by atoms with Crippen molar-refractivity contribution in [3.05, 3.63) is 0 Å². The van der Waals surface area contributed by atoms with E-state index in [1.807, 2.05) is 0 Å². The van der Waals surface area contributed by atoms with Gasteiger partial charge in [-0.2, -0.15) is 0 Å². The van der Waals surface area contributed by atoms with Gasteiger partial charge in [0.25, 0.3) is 0 Å². The Hall–Kier alpha value is 1.11. The molecule has 0 aromatic rings. The molecule has 0 bridgehead atoms. The standard InChI is InChI=1S/Al.6FH.Na/h;6*1H;/q+3;;;;;;;+1/p-4. The summed E-state index contributed by atoms with van der Waals surface area (Å²) in [5.41, 5.74) is 0. The van der Waals surface area contributed by atoms with Crippen LogP contribution in [-0.4, -0.2) is 17.4 Å². The van der Waals surface area contributed by atoms with Gasteiger partial charge >= 0.3 is 46.9 Å². The van der Waals surface area contributed by atoms with Crippen molar-refractivity contribution < 1.29 is 57.8 Å². The number of rotatable bonds is 0. The molecule has 0 N–H and O–H groups in total. The molecule has 8 heavy (non-hydrogen) atoms. The van der Waals surface area contributed by atoms with Crippen LogP contribution < -0.4 is 48.4 Å². The van der Waals surface area contributed by atoms with Crippen LogP contribution in [0.15, 0.2) is 0 Å². The van der Waals surface area contributed by atoms with Crippen LogP contribution in [0.1, 0.15) is 0 Å². The summed E-state index contributed by atoms with van der Waals surface area (Å²) in [6.45, 7) is 0. The van der Waals surface area contributed by atoms with Crippen LogP contribution in [0.25, 0.3) is 0 Å². The quantitative estimate of drug-likeness (QED) is 0.247. The average molecular weight is 166 g/mol. The third-order valence-electron chi connectivity index (χ3n) is 0. The molecule has 0 nitrogen and oxygen atoms in total. The van der Waals surface area contributed by atoms with Gasteiger partial charge in [0, 0.05) is 0 Å². The first kappa shape index (κ1) is 485. The van der Waals surface area contributed by atoms with E-state index in [2.05, 4.69) is 0 Å². The van der Waals surface area contributed by atoms with Crippen LogP contribution in [0.5, 0.6) is 0 Å². The van der Waals surface area contributed by atoms with Crippen molar-refractivity contribution in [2.24, 2.45) is 0 Å². The molecular formula is H2AlF6Na. The maximum Gasteiger partial charge on any atom is 3.00 e. The second-order valence-electron chi connectivity index (χ2n) is 0. The number of hydrogen-bond acceptors (Lipinski definition) is 0. The molecule has 0 saturated heterocycles. The first-order valence-electron chi connectivity index (χ1n) is 0. The number of hydrogen-bond donors (Lipinski definition) is 0. The Kier molecular flexibility index (Phi) is 20100. The van der Waals surface area contributed by atoms with E-state index in [1.54, 1.807) is 0 Å². The third kappa shape index (κ3) is 215. The summed E-state index contributed by atoms with van der Waals surface area (Å²) in [5.74, 6) is 0. The van der Waals surface area contributed by atoms with Crippen LogP contribution in [0.4, 0.5) is 9.41 Å². The molecule has 0 saturated carbocycles. The summed E-state index contributed by atoms with van der Waals surface area (Å²) < 4.78 is 0. The Bertz CT molecular complexity index is 8.49. The van der Waals surface area contributed by atoms with Crippen molar-refractivity contribution in [1.29, 1.82) is 0 Å². The smallest absolute Gasteiger partial charge is 1.00 e. The van der Waals surface area contributed by atoms with Crippen molar-refractivity contribution in [2.75, 3.05) is 0 Å². The molecule has 48 valence electrons. The fourth-order valence-corrected chi connectivity index (χ4v) is 0. The molecular weight excluding hydrogens is 164 g/mol. The molecule has 0 aliphatic rings. The molecule has 0 aliphatic heterocycles. The summed E-state index contributed by atoms with van der Waals surface area (Å²) >= 11 is 0. The Labute approximate surface area is 75.0 Å². The van der Waals surface area contributed by atoms with Crippen LogP contribution in [-0.2, 0) is 0 Å². The Balaban J connectivity index is 0. The molecule has 0 aliphatic carbocycles. The molecule has 0 aromatic heterocycles. The van der Waals surface area contributed by atoms with Gasteiger partial charge in [-0.25, -0.2) is 0 Å². The average Bonchev–Trinajstić information content (AvgIpc) is 0. The van der Waals surface area contributed by atoms with Gasteiger partial charge in [0.15, 0.2) is 0 Å². The van der Waals surface area contributed by atoms with Crippen molar-refractivity contribution in [1.82, 2.24) is 0 Å². The van der Waals surface area contributed by atoms with Crippen molar-refractivity contribution >= 4 is 17.4 Å². The van der Waals surface area contributed by atoms with E-state index in [4.69, 9.17) is 0 Å². The second-order valence-corrected chi connectivity index (χ2v) is 0. The summed E-state index contributed by atoms with van der Waals surface area (Å²) in [4.78, 5) is 0. The fourth-order valence-electron chi connectivity index (χ4n) is 0. The Morgan fingerprint density at radius 3 is 0.500 bits per heavy atom. The molecule has 0 amide bonds. The van der Waals surface area contributed by atoms with E-state index in [-0.39, 0.29) is 75.1 Å². The molecule has 0 rings (SSSR count). The van der Waals surface area contributed by atoms with Gasteiger partial charge in [-0.15, -0.1) is 0 Å². The molecule has 8 heteroatoms. The van der Waals surface area contributed by atoms with Crippen LogP contribution >= 0.6 is 0 Å². The zero-order valence-corrected chi connectivity index (χ0v) is 7.06. The van der Waals surface area contributed by atoms with Crippen LogP contribution in [0.2, 0.25) is 0 Å². The molecule has 0 heterocycles. The summed E-state index contributed by atoms with van der Waals surface area (Å²) in [6, 6.07) is 0. The van der Waals surface area contributed by atoms with Gasteiger partial charge in [0.05, 0.1) is 0 Å². The first-order valence-corrected chi connectivity index (χ1v) is 0. The van der Waals surface area contributed by atoms with E-state index in [0.29, 0.717) is 0 Å². The SMILES string of the molecule is F.F.[Al+3].[F-].[F-].[F-].[F-].[Na+]. The molecule has 0 fully saturated rings. The van der Waals surface area contributed by atoms with Crippen molar-refractivity contribution in [2.45, 2.75) is 0 Å². The van der Waals surface area contributed by atoms with E-state index >= 15 is 0 Å². The third-order valence-corrected chi connectivity index (χ3v) is 0. The fraction of sp³-hybridized carbons (Fsp3) is 0. The van der Waals surface area contributed by atoms with Crippen LogP contribution in [0, 0.1) is 0 Å². The predicted molar refractivity (Wildman–Crippen MR) is 10.8 cm³/mol. The predicted octanol–water partition coefficient (Wildman–Crippen LogP) is -15.1. The van der Waals surface area contributed by atoms with Gasteiger partial charge < -0.3 is 18.8 Å². The van der Waals surface area contributed by atoms with Crippen molar-refractivity contribution in [3.63, 3.8) is 0 Å². The minimum Gasteiger partial charge on any atom is -1.00 e. The minimum absolute atomic E-state index is 0. The van der Waals surface area contributed by atoms with Crippen molar-refractivity contribution in [3.8, 4) is 0 Å². The second kappa shape index (κ2) is 332. The number of halogens is 6. The molecule has 0 radical (unpaired) electrons. The van der Waals surface area contributed by atoms with Gasteiger partial charge in [0.2, 0.25) is 0 Å².